The zero-order valence-electron chi connectivity index (χ0n) is 9.43. The van der Waals surface area contributed by atoms with Gasteiger partial charge in [-0.15, -0.1) is 0 Å². The van der Waals surface area contributed by atoms with Gasteiger partial charge in [0.25, 0.3) is 0 Å². The monoisotopic (exact) mass is 198 g/mol. The third kappa shape index (κ3) is 5.61. The number of hydrogen-bond acceptors (Lipinski definition) is 2. The average Bonchev–Trinajstić information content (AvgIpc) is 2.46. The van der Waals surface area contributed by atoms with Crippen LogP contribution in [-0.2, 0) is 0 Å². The van der Waals surface area contributed by atoms with Gasteiger partial charge in [-0.3, -0.25) is 0 Å². The van der Waals surface area contributed by atoms with E-state index in [2.05, 4.69) is 5.32 Å². The summed E-state index contributed by atoms with van der Waals surface area (Å²) in [5, 5.41) is 3.37. The van der Waals surface area contributed by atoms with Crippen LogP contribution in [0.3, 0.4) is 0 Å². The predicted molar refractivity (Wildman–Crippen MR) is 62.4 cm³/mol. The van der Waals surface area contributed by atoms with E-state index in [1.807, 2.05) is 0 Å². The lowest BCUT2D eigenvalue weighted by molar-refractivity contribution is 0.410. The predicted octanol–water partition coefficient (Wildman–Crippen LogP) is 2.29. The summed E-state index contributed by atoms with van der Waals surface area (Å²) in [6, 6.07) is 0. The topological polar surface area (TPSA) is 38.0 Å². The Kier molecular flexibility index (Phi) is 7.06. The molecule has 0 bridgehead atoms. The Labute approximate surface area is 88.6 Å². The maximum atomic E-state index is 5.41. The first kappa shape index (κ1) is 12.0. The molecule has 14 heavy (non-hydrogen) atoms. The van der Waals surface area contributed by atoms with Crippen molar-refractivity contribution in [3.63, 3.8) is 0 Å². The lowest BCUT2D eigenvalue weighted by Gasteiger charge is -2.13. The Balaban J connectivity index is 1.93. The molecule has 3 N–H and O–H groups in total. The number of nitrogens with one attached hydrogen (secondary N) is 1. The standard InChI is InChI=1S/C12H26N2/c13-9-11-14-10-5-8-12-6-3-1-2-4-7-12/h12,14H,1-11,13H2. The fourth-order valence-corrected chi connectivity index (χ4v) is 2.40. The van der Waals surface area contributed by atoms with Gasteiger partial charge in [-0.2, -0.15) is 0 Å². The molecule has 1 aliphatic carbocycles. The van der Waals surface area contributed by atoms with E-state index in [0.717, 1.165) is 25.6 Å². The summed E-state index contributed by atoms with van der Waals surface area (Å²) in [4.78, 5) is 0. The van der Waals surface area contributed by atoms with E-state index in [9.17, 15) is 0 Å². The molecule has 0 heterocycles. The molecule has 0 aliphatic heterocycles. The van der Waals surface area contributed by atoms with Crippen LogP contribution in [-0.4, -0.2) is 19.6 Å². The van der Waals surface area contributed by atoms with Gasteiger partial charge in [0.2, 0.25) is 0 Å². The smallest absolute Gasteiger partial charge is 0.00745 e. The van der Waals surface area contributed by atoms with Crippen molar-refractivity contribution in [1.82, 2.24) is 5.32 Å². The second-order valence-electron chi connectivity index (χ2n) is 4.54. The van der Waals surface area contributed by atoms with Gasteiger partial charge >= 0.3 is 0 Å². The highest BCUT2D eigenvalue weighted by atomic mass is 14.9. The van der Waals surface area contributed by atoms with E-state index in [0.29, 0.717) is 0 Å². The van der Waals surface area contributed by atoms with Gasteiger partial charge in [0.05, 0.1) is 0 Å². The molecule has 1 aliphatic rings. The Hall–Kier alpha value is -0.0800. The quantitative estimate of drug-likeness (QED) is 0.507. The van der Waals surface area contributed by atoms with Gasteiger partial charge in [-0.25, -0.2) is 0 Å². The number of rotatable bonds is 6. The average molecular weight is 198 g/mol. The molecule has 2 heteroatoms. The minimum Gasteiger partial charge on any atom is -0.329 e. The largest absolute Gasteiger partial charge is 0.329 e. The second kappa shape index (κ2) is 8.25. The summed E-state index contributed by atoms with van der Waals surface area (Å²) in [7, 11) is 0. The lowest BCUT2D eigenvalue weighted by Crippen LogP contribution is -2.23. The van der Waals surface area contributed by atoms with Crippen LogP contribution >= 0.6 is 0 Å². The van der Waals surface area contributed by atoms with Crippen LogP contribution in [0, 0.1) is 5.92 Å². The van der Waals surface area contributed by atoms with E-state index < -0.39 is 0 Å². The van der Waals surface area contributed by atoms with E-state index in [-0.39, 0.29) is 0 Å². The molecule has 0 aromatic carbocycles. The Morgan fingerprint density at radius 2 is 1.71 bits per heavy atom. The fourth-order valence-electron chi connectivity index (χ4n) is 2.40. The highest BCUT2D eigenvalue weighted by Crippen LogP contribution is 2.25. The van der Waals surface area contributed by atoms with Gasteiger partial charge in [-0.05, 0) is 25.3 Å². The third-order valence-corrected chi connectivity index (χ3v) is 3.26. The van der Waals surface area contributed by atoms with E-state index in [4.69, 9.17) is 5.73 Å². The van der Waals surface area contributed by atoms with Crippen LogP contribution < -0.4 is 11.1 Å². The third-order valence-electron chi connectivity index (χ3n) is 3.26. The summed E-state index contributed by atoms with van der Waals surface area (Å²) in [5.74, 6) is 1.03. The molecule has 0 spiro atoms. The van der Waals surface area contributed by atoms with Crippen LogP contribution in [0.5, 0.6) is 0 Å². The van der Waals surface area contributed by atoms with Crippen molar-refractivity contribution in [3.05, 3.63) is 0 Å². The Bertz CT molecular complexity index is 117. The highest BCUT2D eigenvalue weighted by Gasteiger charge is 2.11. The summed E-state index contributed by atoms with van der Waals surface area (Å²) in [6.07, 6.45) is 11.6. The first-order valence-corrected chi connectivity index (χ1v) is 6.34. The van der Waals surface area contributed by atoms with E-state index in [1.165, 1.54) is 51.4 Å². The van der Waals surface area contributed by atoms with E-state index >= 15 is 0 Å². The summed E-state index contributed by atoms with van der Waals surface area (Å²) in [6.45, 7) is 2.90. The highest BCUT2D eigenvalue weighted by molar-refractivity contribution is 4.65. The molecule has 0 aromatic rings. The molecule has 1 rings (SSSR count). The van der Waals surface area contributed by atoms with Gasteiger partial charge in [0, 0.05) is 13.1 Å². The normalized spacial score (nSPS) is 19.5. The molecule has 1 fully saturated rings. The lowest BCUT2D eigenvalue weighted by atomic mass is 9.95. The maximum absolute atomic E-state index is 5.41. The zero-order chi connectivity index (χ0) is 10.1. The molecule has 0 atom stereocenters. The van der Waals surface area contributed by atoms with Gasteiger partial charge < -0.3 is 11.1 Å². The molecular weight excluding hydrogens is 172 g/mol. The van der Waals surface area contributed by atoms with Crippen molar-refractivity contribution in [2.45, 2.75) is 51.4 Å². The van der Waals surface area contributed by atoms with Crippen molar-refractivity contribution >= 4 is 0 Å². The SMILES string of the molecule is NCCNCCCC1CCCCCC1. The zero-order valence-corrected chi connectivity index (χ0v) is 9.43. The van der Waals surface area contributed by atoms with Crippen LogP contribution in [0.15, 0.2) is 0 Å². The van der Waals surface area contributed by atoms with Crippen LogP contribution in [0.4, 0.5) is 0 Å². The van der Waals surface area contributed by atoms with Crippen LogP contribution in [0.25, 0.3) is 0 Å². The summed E-state index contributed by atoms with van der Waals surface area (Å²) < 4.78 is 0. The van der Waals surface area contributed by atoms with Crippen molar-refractivity contribution in [2.24, 2.45) is 11.7 Å². The van der Waals surface area contributed by atoms with Gasteiger partial charge in [0.1, 0.15) is 0 Å². The molecule has 84 valence electrons. The molecule has 0 unspecified atom stereocenters. The molecule has 0 saturated heterocycles. The number of nitrogens with two attached hydrogens (primary N) is 1. The van der Waals surface area contributed by atoms with Gasteiger partial charge in [0.15, 0.2) is 0 Å². The fraction of sp³-hybridized carbons (Fsp3) is 1.00. The first-order valence-electron chi connectivity index (χ1n) is 6.34. The minimum absolute atomic E-state index is 0.767. The molecule has 0 radical (unpaired) electrons. The first-order chi connectivity index (χ1) is 6.93. The Morgan fingerprint density at radius 1 is 1.00 bits per heavy atom. The molecule has 2 nitrogen and oxygen atoms in total. The second-order valence-corrected chi connectivity index (χ2v) is 4.54. The molecular formula is C12H26N2. The Morgan fingerprint density at radius 3 is 2.36 bits per heavy atom. The molecule has 0 amide bonds. The van der Waals surface area contributed by atoms with Gasteiger partial charge in [-0.1, -0.05) is 38.5 Å². The summed E-state index contributed by atoms with van der Waals surface area (Å²) in [5.41, 5.74) is 5.41. The van der Waals surface area contributed by atoms with Crippen molar-refractivity contribution in [3.8, 4) is 0 Å². The maximum Gasteiger partial charge on any atom is 0.00745 e. The van der Waals surface area contributed by atoms with Crippen LogP contribution in [0.2, 0.25) is 0 Å². The molecule has 1 saturated carbocycles. The molecule has 0 aromatic heterocycles. The van der Waals surface area contributed by atoms with E-state index in [1.54, 1.807) is 0 Å². The van der Waals surface area contributed by atoms with Crippen molar-refractivity contribution in [1.29, 1.82) is 0 Å². The van der Waals surface area contributed by atoms with Crippen molar-refractivity contribution < 1.29 is 0 Å². The number of hydrogen-bond donors (Lipinski definition) is 2. The van der Waals surface area contributed by atoms with Crippen LogP contribution in [0.1, 0.15) is 51.4 Å². The summed E-state index contributed by atoms with van der Waals surface area (Å²) >= 11 is 0. The minimum atomic E-state index is 0.767. The van der Waals surface area contributed by atoms with Crippen molar-refractivity contribution in [2.75, 3.05) is 19.6 Å².